The number of aryl methyl sites for hydroxylation is 1. The maximum absolute atomic E-state index is 13.0. The molecular weight excluding hydrogens is 265 g/mol. The number of hydrogen-bond donors (Lipinski definition) is 1. The average molecular weight is 287 g/mol. The Hall–Kier alpha value is -1.87. The van der Waals surface area contributed by atoms with Crippen LogP contribution in [0.15, 0.2) is 42.5 Å². The van der Waals surface area contributed by atoms with Crippen molar-refractivity contribution in [1.29, 1.82) is 0 Å². The monoisotopic (exact) mass is 287 g/mol. The van der Waals surface area contributed by atoms with Crippen LogP contribution < -0.4 is 10.1 Å². The van der Waals surface area contributed by atoms with Gasteiger partial charge in [0.25, 0.3) is 0 Å². The quantitative estimate of drug-likeness (QED) is 0.866. The van der Waals surface area contributed by atoms with Crippen LogP contribution in [0.1, 0.15) is 29.7 Å². The molecule has 0 amide bonds. The molecule has 0 radical (unpaired) electrons. The van der Waals surface area contributed by atoms with E-state index in [4.69, 9.17) is 4.74 Å². The largest absolute Gasteiger partial charge is 0.496 e. The Morgan fingerprint density at radius 1 is 1.14 bits per heavy atom. The Morgan fingerprint density at radius 3 is 2.48 bits per heavy atom. The summed E-state index contributed by atoms with van der Waals surface area (Å²) in [6.45, 7) is 5.00. The molecule has 112 valence electrons. The SMILES string of the molecule is CCNC(Cc1ccc(F)cc1)c1ccc(C)c(OC)c1. The first-order valence-electron chi connectivity index (χ1n) is 7.26. The summed E-state index contributed by atoms with van der Waals surface area (Å²) in [6, 6.07) is 13.2. The number of ether oxygens (including phenoxy) is 1. The summed E-state index contributed by atoms with van der Waals surface area (Å²) in [5.74, 6) is 0.699. The van der Waals surface area contributed by atoms with Crippen LogP contribution >= 0.6 is 0 Å². The van der Waals surface area contributed by atoms with Gasteiger partial charge < -0.3 is 10.1 Å². The summed E-state index contributed by atoms with van der Waals surface area (Å²) in [5, 5.41) is 3.48. The highest BCUT2D eigenvalue weighted by Crippen LogP contribution is 2.25. The molecule has 21 heavy (non-hydrogen) atoms. The molecule has 1 atom stereocenters. The lowest BCUT2D eigenvalue weighted by molar-refractivity contribution is 0.410. The number of methoxy groups -OCH3 is 1. The molecule has 0 saturated heterocycles. The molecular formula is C18H22FNO. The topological polar surface area (TPSA) is 21.3 Å². The third kappa shape index (κ3) is 4.05. The molecule has 2 rings (SSSR count). The van der Waals surface area contributed by atoms with Gasteiger partial charge in [-0.25, -0.2) is 4.39 Å². The van der Waals surface area contributed by atoms with Crippen molar-refractivity contribution in [3.8, 4) is 5.75 Å². The van der Waals surface area contributed by atoms with Gasteiger partial charge in [0.2, 0.25) is 0 Å². The van der Waals surface area contributed by atoms with Gasteiger partial charge in [-0.3, -0.25) is 0 Å². The molecule has 2 aromatic carbocycles. The van der Waals surface area contributed by atoms with E-state index >= 15 is 0 Å². The number of nitrogens with one attached hydrogen (secondary N) is 1. The van der Waals surface area contributed by atoms with Crippen LogP contribution in [-0.4, -0.2) is 13.7 Å². The Kier molecular flexibility index (Phi) is 5.34. The summed E-state index contributed by atoms with van der Waals surface area (Å²) < 4.78 is 18.4. The Bertz CT molecular complexity index is 580. The van der Waals surface area contributed by atoms with E-state index in [-0.39, 0.29) is 11.9 Å². The van der Waals surface area contributed by atoms with Gasteiger partial charge in [0.1, 0.15) is 11.6 Å². The lowest BCUT2D eigenvalue weighted by Gasteiger charge is -2.20. The average Bonchev–Trinajstić information content (AvgIpc) is 2.49. The van der Waals surface area contributed by atoms with E-state index in [0.29, 0.717) is 0 Å². The Morgan fingerprint density at radius 2 is 1.86 bits per heavy atom. The van der Waals surface area contributed by atoms with E-state index in [9.17, 15) is 4.39 Å². The van der Waals surface area contributed by atoms with Crippen molar-refractivity contribution in [2.24, 2.45) is 0 Å². The van der Waals surface area contributed by atoms with Crippen molar-refractivity contribution in [2.75, 3.05) is 13.7 Å². The summed E-state index contributed by atoms with van der Waals surface area (Å²) in [4.78, 5) is 0. The zero-order valence-electron chi connectivity index (χ0n) is 12.8. The molecule has 0 saturated carbocycles. The molecule has 0 fully saturated rings. The standard InChI is InChI=1S/C18H22FNO/c1-4-20-17(11-14-6-9-16(19)10-7-14)15-8-5-13(2)18(12-15)21-3/h5-10,12,17,20H,4,11H2,1-3H3. The molecule has 0 heterocycles. The molecule has 0 spiro atoms. The number of benzene rings is 2. The molecule has 0 aromatic heterocycles. The van der Waals surface area contributed by atoms with Gasteiger partial charge in [0, 0.05) is 6.04 Å². The molecule has 0 bridgehead atoms. The van der Waals surface area contributed by atoms with E-state index in [1.807, 2.05) is 19.1 Å². The fourth-order valence-corrected chi connectivity index (χ4v) is 2.46. The molecule has 1 N–H and O–H groups in total. The van der Waals surface area contributed by atoms with Crippen LogP contribution in [0, 0.1) is 12.7 Å². The summed E-state index contributed by atoms with van der Waals surface area (Å²) in [5.41, 5.74) is 3.42. The Labute approximate surface area is 126 Å². The fourth-order valence-electron chi connectivity index (χ4n) is 2.46. The zero-order chi connectivity index (χ0) is 15.2. The predicted molar refractivity (Wildman–Crippen MR) is 84.3 cm³/mol. The first-order valence-corrected chi connectivity index (χ1v) is 7.26. The van der Waals surface area contributed by atoms with Gasteiger partial charge in [-0.1, -0.05) is 31.2 Å². The minimum absolute atomic E-state index is 0.190. The summed E-state index contributed by atoms with van der Waals surface area (Å²) in [6.07, 6.45) is 0.820. The van der Waals surface area contributed by atoms with Crippen LogP contribution in [0.2, 0.25) is 0 Å². The zero-order valence-corrected chi connectivity index (χ0v) is 12.8. The molecule has 3 heteroatoms. The van der Waals surface area contributed by atoms with Crippen molar-refractivity contribution in [3.05, 3.63) is 65.0 Å². The van der Waals surface area contributed by atoms with Gasteiger partial charge in [0.05, 0.1) is 7.11 Å². The van der Waals surface area contributed by atoms with Crippen molar-refractivity contribution < 1.29 is 9.13 Å². The smallest absolute Gasteiger partial charge is 0.123 e. The van der Waals surface area contributed by atoms with E-state index < -0.39 is 0 Å². The maximum Gasteiger partial charge on any atom is 0.123 e. The molecule has 2 aromatic rings. The van der Waals surface area contributed by atoms with Crippen LogP contribution in [0.4, 0.5) is 4.39 Å². The molecule has 1 unspecified atom stereocenters. The van der Waals surface area contributed by atoms with E-state index in [0.717, 1.165) is 29.8 Å². The lowest BCUT2D eigenvalue weighted by atomic mass is 9.97. The van der Waals surface area contributed by atoms with Crippen LogP contribution in [0.25, 0.3) is 0 Å². The maximum atomic E-state index is 13.0. The number of hydrogen-bond acceptors (Lipinski definition) is 2. The normalized spacial score (nSPS) is 12.2. The number of rotatable bonds is 6. The van der Waals surface area contributed by atoms with Crippen molar-refractivity contribution >= 4 is 0 Å². The van der Waals surface area contributed by atoms with Crippen LogP contribution in [0.3, 0.4) is 0 Å². The van der Waals surface area contributed by atoms with Crippen molar-refractivity contribution in [1.82, 2.24) is 5.32 Å². The predicted octanol–water partition coefficient (Wildman–Crippen LogP) is 4.04. The highest BCUT2D eigenvalue weighted by atomic mass is 19.1. The van der Waals surface area contributed by atoms with E-state index in [1.54, 1.807) is 7.11 Å². The molecule has 0 aliphatic rings. The van der Waals surface area contributed by atoms with Gasteiger partial charge in [-0.2, -0.15) is 0 Å². The van der Waals surface area contributed by atoms with Gasteiger partial charge in [-0.15, -0.1) is 0 Å². The third-order valence-electron chi connectivity index (χ3n) is 3.64. The number of likely N-dealkylation sites (N-methyl/N-ethyl adjacent to an activating group) is 1. The van der Waals surface area contributed by atoms with Gasteiger partial charge in [0.15, 0.2) is 0 Å². The summed E-state index contributed by atoms with van der Waals surface area (Å²) >= 11 is 0. The minimum atomic E-state index is -0.198. The third-order valence-corrected chi connectivity index (χ3v) is 3.64. The van der Waals surface area contributed by atoms with Gasteiger partial charge in [-0.05, 0) is 54.8 Å². The summed E-state index contributed by atoms with van der Waals surface area (Å²) in [7, 11) is 1.69. The molecule has 2 nitrogen and oxygen atoms in total. The molecule has 0 aliphatic carbocycles. The highest BCUT2D eigenvalue weighted by Gasteiger charge is 2.13. The molecule has 0 aliphatic heterocycles. The first kappa shape index (κ1) is 15.5. The minimum Gasteiger partial charge on any atom is -0.496 e. The Balaban J connectivity index is 2.23. The van der Waals surface area contributed by atoms with E-state index in [1.165, 1.54) is 17.7 Å². The fraction of sp³-hybridized carbons (Fsp3) is 0.333. The number of halogens is 1. The highest BCUT2D eigenvalue weighted by molar-refractivity contribution is 5.38. The first-order chi connectivity index (χ1) is 10.1. The lowest BCUT2D eigenvalue weighted by Crippen LogP contribution is -2.23. The van der Waals surface area contributed by atoms with Crippen molar-refractivity contribution in [2.45, 2.75) is 26.3 Å². The van der Waals surface area contributed by atoms with E-state index in [2.05, 4.69) is 30.4 Å². The van der Waals surface area contributed by atoms with Gasteiger partial charge >= 0.3 is 0 Å². The van der Waals surface area contributed by atoms with Crippen LogP contribution in [0.5, 0.6) is 5.75 Å². The second-order valence-electron chi connectivity index (χ2n) is 5.17. The second-order valence-corrected chi connectivity index (χ2v) is 5.17. The van der Waals surface area contributed by atoms with Crippen LogP contribution in [-0.2, 0) is 6.42 Å². The van der Waals surface area contributed by atoms with Crippen molar-refractivity contribution in [3.63, 3.8) is 0 Å². The second kappa shape index (κ2) is 7.23.